The minimum absolute atomic E-state index is 0. The van der Waals surface area contributed by atoms with E-state index in [9.17, 15) is 4.79 Å². The van der Waals surface area contributed by atoms with E-state index in [2.05, 4.69) is 15.6 Å². The fraction of sp³-hybridized carbons (Fsp3) is 0.556. The van der Waals surface area contributed by atoms with Crippen LogP contribution in [0.5, 0.6) is 0 Å². The zero-order valence-electron chi connectivity index (χ0n) is 15.2. The highest BCUT2D eigenvalue weighted by Crippen LogP contribution is 2.10. The Balaban J connectivity index is 0.00000312. The predicted octanol–water partition coefficient (Wildman–Crippen LogP) is 1.89. The van der Waals surface area contributed by atoms with Crippen LogP contribution in [0.4, 0.5) is 0 Å². The highest BCUT2D eigenvalue weighted by atomic mass is 127. The van der Waals surface area contributed by atoms with Gasteiger partial charge in [-0.15, -0.1) is 24.0 Å². The summed E-state index contributed by atoms with van der Waals surface area (Å²) >= 11 is 0. The van der Waals surface area contributed by atoms with Gasteiger partial charge in [0.05, 0.1) is 6.10 Å². The van der Waals surface area contributed by atoms with Crippen LogP contribution in [0, 0.1) is 0 Å². The lowest BCUT2D eigenvalue weighted by atomic mass is 10.1. The van der Waals surface area contributed by atoms with E-state index in [1.54, 1.807) is 26.0 Å². The van der Waals surface area contributed by atoms with Gasteiger partial charge in [-0.05, 0) is 37.0 Å². The highest BCUT2D eigenvalue weighted by Gasteiger charge is 2.15. The first-order valence-corrected chi connectivity index (χ1v) is 8.47. The highest BCUT2D eigenvalue weighted by molar-refractivity contribution is 14.0. The number of halogens is 1. The quantitative estimate of drug-likeness (QED) is 0.387. The first-order valence-electron chi connectivity index (χ1n) is 8.47. The predicted molar refractivity (Wildman–Crippen MR) is 112 cm³/mol. The summed E-state index contributed by atoms with van der Waals surface area (Å²) in [6.07, 6.45) is 3.36. The van der Waals surface area contributed by atoms with E-state index in [-0.39, 0.29) is 36.0 Å². The topological polar surface area (TPSA) is 66.0 Å². The van der Waals surface area contributed by atoms with Gasteiger partial charge in [0.15, 0.2) is 5.96 Å². The molecule has 0 saturated carbocycles. The van der Waals surface area contributed by atoms with Crippen molar-refractivity contribution >= 4 is 35.8 Å². The van der Waals surface area contributed by atoms with Gasteiger partial charge < -0.3 is 20.3 Å². The number of aliphatic imine (C=N–C) groups is 1. The van der Waals surface area contributed by atoms with E-state index < -0.39 is 0 Å². The number of ether oxygens (including phenoxy) is 1. The Morgan fingerprint density at radius 3 is 2.80 bits per heavy atom. The van der Waals surface area contributed by atoms with Crippen molar-refractivity contribution in [3.05, 3.63) is 35.4 Å². The molecule has 6 nitrogen and oxygen atoms in total. The maximum Gasteiger partial charge on any atom is 0.253 e. The number of nitrogens with one attached hydrogen (secondary N) is 2. The molecule has 0 spiro atoms. The summed E-state index contributed by atoms with van der Waals surface area (Å²) < 4.78 is 5.60. The largest absolute Gasteiger partial charge is 0.376 e. The number of guanidine groups is 1. The number of benzene rings is 1. The Kier molecular flexibility index (Phi) is 9.81. The van der Waals surface area contributed by atoms with Crippen LogP contribution < -0.4 is 10.6 Å². The van der Waals surface area contributed by atoms with Crippen LogP contribution >= 0.6 is 24.0 Å². The van der Waals surface area contributed by atoms with Gasteiger partial charge in [-0.3, -0.25) is 9.79 Å². The number of carbonyl (C=O) groups is 1. The van der Waals surface area contributed by atoms with Gasteiger partial charge in [-0.25, -0.2) is 0 Å². The van der Waals surface area contributed by atoms with Gasteiger partial charge in [-0.2, -0.15) is 0 Å². The van der Waals surface area contributed by atoms with E-state index in [0.29, 0.717) is 0 Å². The Morgan fingerprint density at radius 1 is 1.36 bits per heavy atom. The van der Waals surface area contributed by atoms with Crippen LogP contribution in [-0.2, 0) is 11.2 Å². The third-order valence-electron chi connectivity index (χ3n) is 4.03. The molecule has 1 saturated heterocycles. The molecule has 2 rings (SSSR count). The molecule has 1 aliphatic heterocycles. The molecule has 0 aliphatic carbocycles. The number of rotatable bonds is 6. The first-order chi connectivity index (χ1) is 11.6. The average molecular weight is 460 g/mol. The molecule has 7 heteroatoms. The van der Waals surface area contributed by atoms with Gasteiger partial charge in [0.1, 0.15) is 0 Å². The van der Waals surface area contributed by atoms with Crippen molar-refractivity contribution in [2.45, 2.75) is 25.4 Å². The monoisotopic (exact) mass is 460 g/mol. The molecule has 25 heavy (non-hydrogen) atoms. The second-order valence-corrected chi connectivity index (χ2v) is 6.16. The summed E-state index contributed by atoms with van der Waals surface area (Å²) in [6.45, 7) is 2.40. The normalized spacial score (nSPS) is 16.9. The summed E-state index contributed by atoms with van der Waals surface area (Å²) in [5.74, 6) is 0.810. The van der Waals surface area contributed by atoms with Crippen molar-refractivity contribution in [1.29, 1.82) is 0 Å². The molecule has 1 fully saturated rings. The molecule has 1 aromatic rings. The second kappa shape index (κ2) is 11.3. The third-order valence-corrected chi connectivity index (χ3v) is 4.03. The molecule has 140 valence electrons. The Morgan fingerprint density at radius 2 is 2.16 bits per heavy atom. The summed E-state index contributed by atoms with van der Waals surface area (Å²) in [5, 5.41) is 6.60. The van der Waals surface area contributed by atoms with Crippen molar-refractivity contribution < 1.29 is 9.53 Å². The number of carbonyl (C=O) groups excluding carboxylic acids is 1. The van der Waals surface area contributed by atoms with Crippen LogP contribution in [0.2, 0.25) is 0 Å². The van der Waals surface area contributed by atoms with Crippen LogP contribution in [0.25, 0.3) is 0 Å². The third kappa shape index (κ3) is 7.19. The van der Waals surface area contributed by atoms with Crippen molar-refractivity contribution in [2.75, 3.05) is 40.8 Å². The lowest BCUT2D eigenvalue weighted by Crippen LogP contribution is -2.41. The minimum Gasteiger partial charge on any atom is -0.376 e. The molecule has 0 radical (unpaired) electrons. The van der Waals surface area contributed by atoms with Crippen molar-refractivity contribution in [1.82, 2.24) is 15.5 Å². The number of amides is 1. The van der Waals surface area contributed by atoms with Gasteiger partial charge in [0.25, 0.3) is 5.91 Å². The zero-order valence-corrected chi connectivity index (χ0v) is 17.6. The van der Waals surface area contributed by atoms with Gasteiger partial charge in [0, 0.05) is 46.4 Å². The maximum absolute atomic E-state index is 12.0. The molecule has 1 aliphatic rings. The van der Waals surface area contributed by atoms with Gasteiger partial charge in [-0.1, -0.05) is 12.1 Å². The standard InChI is InChI=1S/C18H28N4O2.HI/c1-19-18(21-13-16-8-5-11-24-16)20-10-9-14-6-4-7-15(12-14)17(23)22(2)3;/h4,6-7,12,16H,5,8-11,13H2,1-3H3,(H2,19,20,21);1H. The van der Waals surface area contributed by atoms with E-state index in [1.807, 2.05) is 24.3 Å². The maximum atomic E-state index is 12.0. The summed E-state index contributed by atoms with van der Waals surface area (Å²) in [5.41, 5.74) is 1.85. The fourth-order valence-electron chi connectivity index (χ4n) is 2.68. The molecule has 0 bridgehead atoms. The minimum atomic E-state index is 0. The van der Waals surface area contributed by atoms with E-state index >= 15 is 0 Å². The number of hydrogen-bond acceptors (Lipinski definition) is 3. The van der Waals surface area contributed by atoms with Gasteiger partial charge >= 0.3 is 0 Å². The van der Waals surface area contributed by atoms with Crippen LogP contribution in [-0.4, -0.2) is 63.7 Å². The van der Waals surface area contributed by atoms with Crippen molar-refractivity contribution in [2.24, 2.45) is 4.99 Å². The zero-order chi connectivity index (χ0) is 17.4. The van der Waals surface area contributed by atoms with Crippen molar-refractivity contribution in [3.63, 3.8) is 0 Å². The average Bonchev–Trinajstić information content (AvgIpc) is 3.11. The molecule has 1 aromatic carbocycles. The Bertz CT molecular complexity index is 572. The lowest BCUT2D eigenvalue weighted by molar-refractivity contribution is 0.0827. The SMILES string of the molecule is CN=C(NCCc1cccc(C(=O)N(C)C)c1)NCC1CCCO1.I. The molecule has 1 heterocycles. The molecule has 1 unspecified atom stereocenters. The Labute approximate surface area is 167 Å². The smallest absolute Gasteiger partial charge is 0.253 e. The van der Waals surface area contributed by atoms with Crippen LogP contribution in [0.15, 0.2) is 29.3 Å². The van der Waals surface area contributed by atoms with Crippen LogP contribution in [0.1, 0.15) is 28.8 Å². The number of hydrogen-bond donors (Lipinski definition) is 2. The van der Waals surface area contributed by atoms with E-state index in [0.717, 1.165) is 56.0 Å². The summed E-state index contributed by atoms with van der Waals surface area (Å²) in [6, 6.07) is 7.77. The summed E-state index contributed by atoms with van der Waals surface area (Å²) in [4.78, 5) is 17.8. The summed E-state index contributed by atoms with van der Waals surface area (Å²) in [7, 11) is 5.29. The fourth-order valence-corrected chi connectivity index (χ4v) is 2.68. The van der Waals surface area contributed by atoms with Gasteiger partial charge in [0.2, 0.25) is 0 Å². The molecule has 2 N–H and O–H groups in total. The molecule has 0 aromatic heterocycles. The van der Waals surface area contributed by atoms with E-state index in [1.165, 1.54) is 0 Å². The number of nitrogens with zero attached hydrogens (tertiary/aromatic N) is 2. The molecular formula is C18H29IN4O2. The Hall–Kier alpha value is -1.35. The first kappa shape index (κ1) is 21.7. The molecule has 1 atom stereocenters. The molecule has 1 amide bonds. The second-order valence-electron chi connectivity index (χ2n) is 6.16. The van der Waals surface area contributed by atoms with Crippen molar-refractivity contribution in [3.8, 4) is 0 Å². The molecular weight excluding hydrogens is 431 g/mol. The van der Waals surface area contributed by atoms with E-state index in [4.69, 9.17) is 4.74 Å². The lowest BCUT2D eigenvalue weighted by Gasteiger charge is -2.15. The van der Waals surface area contributed by atoms with Crippen LogP contribution in [0.3, 0.4) is 0 Å².